The molecule has 4 fully saturated rings. The molecule has 17 heteroatoms. The molecule has 2 heterocycles. The Labute approximate surface area is 336 Å². The van der Waals surface area contributed by atoms with Crippen LogP contribution in [0.15, 0.2) is 24.3 Å². The Kier molecular flexibility index (Phi) is 11.9. The lowest BCUT2D eigenvalue weighted by Crippen LogP contribution is -2.63. The van der Waals surface area contributed by atoms with Gasteiger partial charge in [-0.15, -0.1) is 0 Å². The van der Waals surface area contributed by atoms with E-state index in [1.807, 2.05) is 19.9 Å². The molecule has 12 N–H and O–H groups in total. The van der Waals surface area contributed by atoms with Crippen LogP contribution in [-0.2, 0) is 24.4 Å². The van der Waals surface area contributed by atoms with Gasteiger partial charge in [0.05, 0.1) is 35.9 Å². The molecule has 6 rings (SSSR count). The van der Waals surface area contributed by atoms with E-state index in [1.54, 1.807) is 19.9 Å². The summed E-state index contributed by atoms with van der Waals surface area (Å²) in [4.78, 5) is 14.6. The van der Waals surface area contributed by atoms with E-state index in [1.165, 1.54) is 39.0 Å². The van der Waals surface area contributed by atoms with Crippen LogP contribution in [0.5, 0.6) is 11.5 Å². The van der Waals surface area contributed by atoms with Gasteiger partial charge in [-0.2, -0.15) is 0 Å². The summed E-state index contributed by atoms with van der Waals surface area (Å²) in [6.07, 6.45) is -12.7. The van der Waals surface area contributed by atoms with Crippen molar-refractivity contribution in [3.8, 4) is 11.5 Å². The molecule has 1 aromatic carbocycles. The molecule has 17 nitrogen and oxygen atoms in total. The van der Waals surface area contributed by atoms with Gasteiger partial charge in [0.25, 0.3) is 0 Å². The number of ketones is 1. The van der Waals surface area contributed by atoms with Crippen LogP contribution in [-0.4, -0.2) is 165 Å². The molecule has 0 spiro atoms. The third-order valence-corrected chi connectivity index (χ3v) is 14.1. The van der Waals surface area contributed by atoms with Crippen LogP contribution in [0, 0.1) is 29.6 Å². The number of fused-ring (bicyclic) bond motifs is 5. The van der Waals surface area contributed by atoms with E-state index in [4.69, 9.17) is 18.9 Å². The van der Waals surface area contributed by atoms with E-state index in [0.29, 0.717) is 16.7 Å². The highest BCUT2D eigenvalue weighted by Crippen LogP contribution is 2.71. The normalized spacial score (nSPS) is 44.4. The molecule has 18 atom stereocenters. The molecular formula is C41H60O17. The number of aliphatic hydroxyl groups excluding tert-OH is 9. The summed E-state index contributed by atoms with van der Waals surface area (Å²) >= 11 is 0. The van der Waals surface area contributed by atoms with Gasteiger partial charge in [0.1, 0.15) is 60.7 Å². The first-order valence-electron chi connectivity index (χ1n) is 19.6. The Morgan fingerprint density at radius 3 is 2.09 bits per heavy atom. The minimum Gasteiger partial charge on any atom is -0.504 e. The number of carbonyl (C=O) groups excluding carboxylic acids is 1. The monoisotopic (exact) mass is 824 g/mol. The van der Waals surface area contributed by atoms with Crippen LogP contribution in [0.4, 0.5) is 0 Å². The Balaban J connectivity index is 1.26. The molecule has 3 aliphatic carbocycles. The maximum absolute atomic E-state index is 14.6. The minimum absolute atomic E-state index is 0.0868. The van der Waals surface area contributed by atoms with Crippen molar-refractivity contribution in [2.45, 2.75) is 152 Å². The number of aromatic hydroxyl groups is 1. The molecule has 58 heavy (non-hydrogen) atoms. The van der Waals surface area contributed by atoms with Gasteiger partial charge in [-0.3, -0.25) is 4.79 Å². The fourth-order valence-electron chi connectivity index (χ4n) is 10.6. The van der Waals surface area contributed by atoms with Crippen molar-refractivity contribution in [3.05, 3.63) is 41.0 Å². The molecule has 2 aliphatic heterocycles. The summed E-state index contributed by atoms with van der Waals surface area (Å²) in [5.74, 6) is -2.32. The van der Waals surface area contributed by atoms with Crippen LogP contribution in [0.1, 0.15) is 71.1 Å². The van der Waals surface area contributed by atoms with Crippen LogP contribution < -0.4 is 4.74 Å². The number of phenolic OH excluding ortho intramolecular Hbond substituents is 1. The van der Waals surface area contributed by atoms with E-state index in [-0.39, 0.29) is 24.4 Å². The standard InChI is InChI=1S/C41H60O17/c1-17-18-8-9-24-38(4)13-21(44)34(41(7,54)25(45)10-11-37(2,3)53)39(38,5)14-26(46)40(24,6)19(18)12-20(43)33(17)58-36-32(52)30(50)28(48)23(57-36)16-55-35-31(51)29(49)27(47)22(15-42)56-35/h8-12,21-25,27-32,34-36,42-45,47-54H,13-16H2,1-7H3. The highest BCUT2D eigenvalue weighted by Gasteiger charge is 2.73. The lowest BCUT2D eigenvalue weighted by atomic mass is 9.42. The van der Waals surface area contributed by atoms with Crippen LogP contribution in [0.2, 0.25) is 0 Å². The molecule has 0 amide bonds. The fraction of sp³-hybridized carbons (Fsp3) is 0.732. The highest BCUT2D eigenvalue weighted by molar-refractivity contribution is 5.95. The second-order valence-corrected chi connectivity index (χ2v) is 18.4. The molecule has 0 bridgehead atoms. The number of ether oxygens (including phenoxy) is 4. The van der Waals surface area contributed by atoms with Crippen molar-refractivity contribution >= 4 is 11.9 Å². The summed E-state index contributed by atoms with van der Waals surface area (Å²) in [5, 5.41) is 129. The van der Waals surface area contributed by atoms with Gasteiger partial charge in [-0.1, -0.05) is 38.2 Å². The quantitative estimate of drug-likeness (QED) is 0.118. The third kappa shape index (κ3) is 7.03. The van der Waals surface area contributed by atoms with Gasteiger partial charge in [-0.05, 0) is 75.0 Å². The zero-order valence-electron chi connectivity index (χ0n) is 33.7. The molecule has 18 unspecified atom stereocenters. The molecular weight excluding hydrogens is 764 g/mol. The summed E-state index contributed by atoms with van der Waals surface area (Å²) in [7, 11) is 0. The van der Waals surface area contributed by atoms with Crippen molar-refractivity contribution in [1.29, 1.82) is 0 Å². The molecule has 5 aliphatic rings. The maximum atomic E-state index is 14.6. The highest BCUT2D eigenvalue weighted by atomic mass is 16.7. The van der Waals surface area contributed by atoms with E-state index in [0.717, 1.165) is 0 Å². The lowest BCUT2D eigenvalue weighted by Gasteiger charge is -2.60. The Hall–Kier alpha value is -2.59. The number of hydrogen-bond donors (Lipinski definition) is 12. The van der Waals surface area contributed by atoms with Gasteiger partial charge in [0, 0.05) is 17.9 Å². The second kappa shape index (κ2) is 15.4. The Morgan fingerprint density at radius 1 is 0.897 bits per heavy atom. The average molecular weight is 825 g/mol. The summed E-state index contributed by atoms with van der Waals surface area (Å²) < 4.78 is 22.6. The average Bonchev–Trinajstić information content (AvgIpc) is 3.35. The van der Waals surface area contributed by atoms with Gasteiger partial charge < -0.3 is 80.2 Å². The molecule has 2 saturated heterocycles. The predicted molar refractivity (Wildman–Crippen MR) is 202 cm³/mol. The smallest absolute Gasteiger partial charge is 0.229 e. The topological polar surface area (TPSA) is 297 Å². The first-order chi connectivity index (χ1) is 26.8. The molecule has 1 aromatic rings. The van der Waals surface area contributed by atoms with Crippen molar-refractivity contribution in [3.63, 3.8) is 0 Å². The van der Waals surface area contributed by atoms with Crippen molar-refractivity contribution in [2.24, 2.45) is 22.7 Å². The Bertz CT molecular complexity index is 1770. The largest absolute Gasteiger partial charge is 0.504 e. The lowest BCUT2D eigenvalue weighted by molar-refractivity contribution is -0.323. The van der Waals surface area contributed by atoms with Gasteiger partial charge >= 0.3 is 0 Å². The number of Topliss-reactive ketones (excluding diaryl/α,β-unsaturated/α-hetero) is 1. The number of allylic oxidation sites excluding steroid dienone is 1. The van der Waals surface area contributed by atoms with E-state index in [9.17, 15) is 66.1 Å². The SMILES string of the molecule is Cc1c2c(cc(O)c1OC1OC(COC3OC(CO)C(O)C(O)C3O)C(O)C(O)C1O)C1(C)C(=O)CC3(C)C(C(C)(O)C(O)C=CC(C)(C)O)C(O)CC3(C)C1C=C2. The van der Waals surface area contributed by atoms with Crippen molar-refractivity contribution in [1.82, 2.24) is 0 Å². The fourth-order valence-corrected chi connectivity index (χ4v) is 10.6. The van der Waals surface area contributed by atoms with Crippen molar-refractivity contribution in [2.75, 3.05) is 13.2 Å². The summed E-state index contributed by atoms with van der Waals surface area (Å²) in [6, 6.07) is 1.39. The predicted octanol–water partition coefficient (Wildman–Crippen LogP) is -1.59. The van der Waals surface area contributed by atoms with Gasteiger partial charge in [-0.25, -0.2) is 0 Å². The van der Waals surface area contributed by atoms with Gasteiger partial charge in [0.15, 0.2) is 17.8 Å². The number of aliphatic hydroxyl groups is 11. The number of carbonyl (C=O) groups is 1. The second-order valence-electron chi connectivity index (χ2n) is 18.4. The zero-order chi connectivity index (χ0) is 43.2. The Morgan fingerprint density at radius 2 is 1.48 bits per heavy atom. The molecule has 2 saturated carbocycles. The van der Waals surface area contributed by atoms with E-state index >= 15 is 0 Å². The zero-order valence-corrected chi connectivity index (χ0v) is 33.7. The van der Waals surface area contributed by atoms with Crippen LogP contribution >= 0.6 is 0 Å². The third-order valence-electron chi connectivity index (χ3n) is 14.1. The van der Waals surface area contributed by atoms with E-state index < -0.39 is 132 Å². The minimum atomic E-state index is -1.90. The molecule has 0 radical (unpaired) electrons. The van der Waals surface area contributed by atoms with Gasteiger partial charge in [0.2, 0.25) is 6.29 Å². The van der Waals surface area contributed by atoms with E-state index in [2.05, 4.69) is 0 Å². The summed E-state index contributed by atoms with van der Waals surface area (Å²) in [6.45, 7) is 10.4. The number of hydrogen-bond acceptors (Lipinski definition) is 17. The molecule has 326 valence electrons. The maximum Gasteiger partial charge on any atom is 0.229 e. The van der Waals surface area contributed by atoms with Crippen LogP contribution in [0.25, 0.3) is 6.08 Å². The molecule has 0 aromatic heterocycles. The first kappa shape index (κ1) is 44.9. The van der Waals surface area contributed by atoms with Crippen LogP contribution in [0.3, 0.4) is 0 Å². The van der Waals surface area contributed by atoms with Crippen molar-refractivity contribution < 1.29 is 85.0 Å². The number of phenols is 1. The number of rotatable bonds is 10. The first-order valence-corrected chi connectivity index (χ1v) is 19.6. The summed E-state index contributed by atoms with van der Waals surface area (Å²) in [5.41, 5.74) is -4.92. The number of benzene rings is 1.